The molecule has 0 aliphatic heterocycles. The Hall–Kier alpha value is -1.75. The van der Waals surface area contributed by atoms with Gasteiger partial charge in [0.25, 0.3) is 5.91 Å². The van der Waals surface area contributed by atoms with Gasteiger partial charge in [0, 0.05) is 22.7 Å². The van der Waals surface area contributed by atoms with E-state index in [1.54, 1.807) is 11.3 Å². The largest absolute Gasteiger partial charge is 0.347 e. The van der Waals surface area contributed by atoms with Crippen molar-refractivity contribution in [2.45, 2.75) is 6.54 Å². The SMILES string of the molecule is O=C(NCc1cccs1)c1ccnc(F)c1. The number of hydrogen-bond donors (Lipinski definition) is 1. The molecule has 0 radical (unpaired) electrons. The second-order valence-corrected chi connectivity index (χ2v) is 4.16. The van der Waals surface area contributed by atoms with Gasteiger partial charge in [-0.15, -0.1) is 11.3 Å². The van der Waals surface area contributed by atoms with Crippen molar-refractivity contribution >= 4 is 17.2 Å². The van der Waals surface area contributed by atoms with Gasteiger partial charge in [-0.2, -0.15) is 4.39 Å². The van der Waals surface area contributed by atoms with Gasteiger partial charge in [0.2, 0.25) is 5.95 Å². The first kappa shape index (κ1) is 10.8. The van der Waals surface area contributed by atoms with Gasteiger partial charge in [0.1, 0.15) is 0 Å². The van der Waals surface area contributed by atoms with Crippen LogP contribution in [-0.4, -0.2) is 10.9 Å². The third-order valence-corrected chi connectivity index (χ3v) is 2.87. The zero-order chi connectivity index (χ0) is 11.4. The lowest BCUT2D eigenvalue weighted by Crippen LogP contribution is -2.22. The van der Waals surface area contributed by atoms with Gasteiger partial charge < -0.3 is 5.32 Å². The van der Waals surface area contributed by atoms with E-state index >= 15 is 0 Å². The summed E-state index contributed by atoms with van der Waals surface area (Å²) in [4.78, 5) is 16.0. The highest BCUT2D eigenvalue weighted by molar-refractivity contribution is 7.09. The third-order valence-electron chi connectivity index (χ3n) is 1.99. The van der Waals surface area contributed by atoms with E-state index in [0.717, 1.165) is 10.9 Å². The summed E-state index contributed by atoms with van der Waals surface area (Å²) in [6.45, 7) is 0.459. The van der Waals surface area contributed by atoms with E-state index in [4.69, 9.17) is 0 Å². The molecule has 0 aliphatic rings. The summed E-state index contributed by atoms with van der Waals surface area (Å²) in [5, 5.41) is 4.64. The minimum absolute atomic E-state index is 0.282. The van der Waals surface area contributed by atoms with Crippen molar-refractivity contribution in [1.82, 2.24) is 10.3 Å². The Morgan fingerprint density at radius 2 is 2.38 bits per heavy atom. The molecule has 0 saturated heterocycles. The molecular formula is C11H9FN2OS. The number of thiophene rings is 1. The molecule has 2 aromatic rings. The zero-order valence-electron chi connectivity index (χ0n) is 8.31. The summed E-state index contributed by atoms with van der Waals surface area (Å²) < 4.78 is 12.8. The Labute approximate surface area is 96.0 Å². The van der Waals surface area contributed by atoms with E-state index in [2.05, 4.69) is 10.3 Å². The van der Waals surface area contributed by atoms with Crippen LogP contribution >= 0.6 is 11.3 Å². The molecular weight excluding hydrogens is 227 g/mol. The quantitative estimate of drug-likeness (QED) is 0.830. The summed E-state index contributed by atoms with van der Waals surface area (Å²) in [6, 6.07) is 6.44. The Balaban J connectivity index is 1.98. The number of carbonyl (C=O) groups is 1. The van der Waals surface area contributed by atoms with Gasteiger partial charge in [0.05, 0.1) is 6.54 Å². The number of rotatable bonds is 3. The van der Waals surface area contributed by atoms with Gasteiger partial charge in [0.15, 0.2) is 0 Å². The molecule has 0 aromatic carbocycles. The molecule has 0 fully saturated rings. The Morgan fingerprint density at radius 3 is 3.06 bits per heavy atom. The Bertz CT molecular complexity index is 484. The van der Waals surface area contributed by atoms with E-state index in [1.807, 2.05) is 17.5 Å². The summed E-state index contributed by atoms with van der Waals surface area (Å²) in [5.74, 6) is -0.946. The first-order valence-electron chi connectivity index (χ1n) is 4.68. The van der Waals surface area contributed by atoms with Crippen LogP contribution in [0.1, 0.15) is 15.2 Å². The molecule has 16 heavy (non-hydrogen) atoms. The molecule has 0 atom stereocenters. The smallest absolute Gasteiger partial charge is 0.251 e. The fourth-order valence-electron chi connectivity index (χ4n) is 1.23. The van der Waals surface area contributed by atoms with Crippen LogP contribution in [0.25, 0.3) is 0 Å². The Morgan fingerprint density at radius 1 is 1.50 bits per heavy atom. The lowest BCUT2D eigenvalue weighted by atomic mass is 10.2. The minimum Gasteiger partial charge on any atom is -0.347 e. The summed E-state index contributed by atoms with van der Waals surface area (Å²) in [6.07, 6.45) is 1.27. The molecule has 0 unspecified atom stereocenters. The molecule has 5 heteroatoms. The van der Waals surface area contributed by atoms with Gasteiger partial charge in [-0.1, -0.05) is 6.07 Å². The lowest BCUT2D eigenvalue weighted by Gasteiger charge is -2.03. The predicted octanol–water partition coefficient (Wildman–Crippen LogP) is 2.21. The molecule has 1 amide bonds. The number of halogens is 1. The summed E-state index contributed by atoms with van der Waals surface area (Å²) in [7, 11) is 0. The molecule has 2 aromatic heterocycles. The van der Waals surface area contributed by atoms with E-state index in [9.17, 15) is 9.18 Å². The van der Waals surface area contributed by atoms with E-state index < -0.39 is 5.95 Å². The molecule has 0 spiro atoms. The number of carbonyl (C=O) groups excluding carboxylic acids is 1. The molecule has 0 aliphatic carbocycles. The zero-order valence-corrected chi connectivity index (χ0v) is 9.13. The molecule has 82 valence electrons. The van der Waals surface area contributed by atoms with E-state index in [1.165, 1.54) is 12.3 Å². The van der Waals surface area contributed by atoms with Crippen molar-refractivity contribution in [3.8, 4) is 0 Å². The van der Waals surface area contributed by atoms with Crippen LogP contribution in [0.5, 0.6) is 0 Å². The van der Waals surface area contributed by atoms with Crippen molar-refractivity contribution in [2.24, 2.45) is 0 Å². The van der Waals surface area contributed by atoms with Gasteiger partial charge in [-0.25, -0.2) is 4.98 Å². The lowest BCUT2D eigenvalue weighted by molar-refractivity contribution is 0.0950. The number of nitrogens with zero attached hydrogens (tertiary/aromatic N) is 1. The maximum absolute atomic E-state index is 12.8. The number of nitrogens with one attached hydrogen (secondary N) is 1. The molecule has 0 saturated carbocycles. The maximum Gasteiger partial charge on any atom is 0.251 e. The predicted molar refractivity (Wildman–Crippen MR) is 59.7 cm³/mol. The van der Waals surface area contributed by atoms with Gasteiger partial charge in [-0.3, -0.25) is 4.79 Å². The summed E-state index contributed by atoms with van der Waals surface area (Å²) in [5.41, 5.74) is 0.282. The second-order valence-electron chi connectivity index (χ2n) is 3.13. The molecule has 1 N–H and O–H groups in total. The number of aromatic nitrogens is 1. The molecule has 2 rings (SSSR count). The van der Waals surface area contributed by atoms with Gasteiger partial charge >= 0.3 is 0 Å². The highest BCUT2D eigenvalue weighted by Gasteiger charge is 2.06. The first-order chi connectivity index (χ1) is 7.75. The number of hydrogen-bond acceptors (Lipinski definition) is 3. The average Bonchev–Trinajstić information content (AvgIpc) is 2.78. The second kappa shape index (κ2) is 4.85. The van der Waals surface area contributed by atoms with Crippen LogP contribution in [0.4, 0.5) is 4.39 Å². The Kier molecular flexibility index (Phi) is 3.26. The molecule has 3 nitrogen and oxygen atoms in total. The van der Waals surface area contributed by atoms with Crippen LogP contribution < -0.4 is 5.32 Å². The van der Waals surface area contributed by atoms with Crippen molar-refractivity contribution in [3.63, 3.8) is 0 Å². The first-order valence-corrected chi connectivity index (χ1v) is 5.56. The standard InChI is InChI=1S/C11H9FN2OS/c12-10-6-8(3-4-13-10)11(15)14-7-9-2-1-5-16-9/h1-6H,7H2,(H,14,15). The van der Waals surface area contributed by atoms with E-state index in [0.29, 0.717) is 6.54 Å². The fourth-order valence-corrected chi connectivity index (χ4v) is 1.87. The fraction of sp³-hybridized carbons (Fsp3) is 0.0909. The average molecular weight is 236 g/mol. The number of amides is 1. The summed E-state index contributed by atoms with van der Waals surface area (Å²) >= 11 is 1.56. The maximum atomic E-state index is 12.8. The van der Waals surface area contributed by atoms with Crippen LogP contribution in [-0.2, 0) is 6.54 Å². The number of pyridine rings is 1. The van der Waals surface area contributed by atoms with Crippen molar-refractivity contribution in [3.05, 3.63) is 52.2 Å². The minimum atomic E-state index is -0.649. The van der Waals surface area contributed by atoms with Crippen LogP contribution in [0.2, 0.25) is 0 Å². The highest BCUT2D eigenvalue weighted by atomic mass is 32.1. The van der Waals surface area contributed by atoms with Crippen molar-refractivity contribution in [1.29, 1.82) is 0 Å². The van der Waals surface area contributed by atoms with E-state index in [-0.39, 0.29) is 11.5 Å². The molecule has 2 heterocycles. The normalized spacial score (nSPS) is 10.1. The third kappa shape index (κ3) is 2.64. The molecule has 0 bridgehead atoms. The van der Waals surface area contributed by atoms with Gasteiger partial charge in [-0.05, 0) is 17.5 Å². The monoisotopic (exact) mass is 236 g/mol. The van der Waals surface area contributed by atoms with Crippen LogP contribution in [0, 0.1) is 5.95 Å². The van der Waals surface area contributed by atoms with Crippen molar-refractivity contribution < 1.29 is 9.18 Å². The van der Waals surface area contributed by atoms with Crippen LogP contribution in [0.3, 0.4) is 0 Å². The van der Waals surface area contributed by atoms with Crippen LogP contribution in [0.15, 0.2) is 35.8 Å². The topological polar surface area (TPSA) is 42.0 Å². The van der Waals surface area contributed by atoms with Crippen molar-refractivity contribution in [2.75, 3.05) is 0 Å². The highest BCUT2D eigenvalue weighted by Crippen LogP contribution is 2.08.